The van der Waals surface area contributed by atoms with Crippen LogP contribution in [0, 0.1) is 28.4 Å². The Morgan fingerprint density at radius 2 is 0.435 bits per heavy atom. The van der Waals surface area contributed by atoms with E-state index in [4.69, 9.17) is 0 Å². The van der Waals surface area contributed by atoms with Crippen LogP contribution in [0.2, 0.25) is 0 Å². The number of nitriles is 1. The highest BCUT2D eigenvalue weighted by Crippen LogP contribution is 2.50. The van der Waals surface area contributed by atoms with Gasteiger partial charge in [-0.25, -0.2) is 4.79 Å². The molecule has 5 aromatic rings. The zero-order chi connectivity index (χ0) is 97.9. The minimum atomic E-state index is -1.44. The molecular weight excluding hydrogens is 1580 g/mol. The van der Waals surface area contributed by atoms with Crippen LogP contribution in [0.15, 0.2) is 54.6 Å². The van der Waals surface area contributed by atoms with Gasteiger partial charge in [-0.15, -0.1) is 0 Å². The van der Waals surface area contributed by atoms with Crippen molar-refractivity contribution < 1.29 is 102 Å². The number of carboxylic acids is 1. The van der Waals surface area contributed by atoms with Crippen molar-refractivity contribution in [1.29, 1.82) is 5.26 Å². The lowest BCUT2D eigenvalue weighted by atomic mass is 9.70. The summed E-state index contributed by atoms with van der Waals surface area (Å²) in [5.41, 5.74) is -12.1. The highest BCUT2D eigenvalue weighted by Gasteiger charge is 2.46. The van der Waals surface area contributed by atoms with Crippen molar-refractivity contribution in [2.45, 2.75) is 447 Å². The summed E-state index contributed by atoms with van der Waals surface area (Å²) >= 11 is 0. The average Bonchev–Trinajstić information content (AvgIpc) is 0.728. The molecule has 23 nitrogen and oxygen atoms in total. The minimum absolute atomic E-state index is 0.0932. The number of nitro groups is 1. The molecule has 0 saturated heterocycles. The molecule has 0 aromatic heterocycles. The third-order valence-corrected chi connectivity index (χ3v) is 28.2. The molecule has 0 radical (unpaired) electrons. The molecule has 0 bridgehead atoms. The van der Waals surface area contributed by atoms with Crippen LogP contribution >= 0.6 is 0 Å². The average molecular weight is 1740 g/mol. The van der Waals surface area contributed by atoms with Crippen LogP contribution in [-0.4, -0.2) is 103 Å². The molecular formula is C101H166N2O21. The van der Waals surface area contributed by atoms with E-state index in [9.17, 15) is 112 Å². The topological polar surface area (TPSA) is 448 Å². The molecule has 5 aromatic carbocycles. The summed E-state index contributed by atoms with van der Waals surface area (Å²) in [7, 11) is 0. The number of nitro benzene ring substituents is 1. The molecule has 5 rings (SSSR count). The molecule has 0 aliphatic heterocycles. The van der Waals surface area contributed by atoms with E-state index in [2.05, 4.69) is 6.07 Å². The summed E-state index contributed by atoms with van der Waals surface area (Å²) in [6.45, 7) is 61.3. The highest BCUT2D eigenvalue weighted by atomic mass is 16.6. The fourth-order valence-electron chi connectivity index (χ4n) is 14.6. The lowest BCUT2D eigenvalue weighted by Crippen LogP contribution is -2.36. The molecule has 0 amide bonds. The van der Waals surface area contributed by atoms with Crippen LogP contribution < -0.4 is 0 Å². The number of carboxylic acid groups (broad SMARTS) is 1. The Morgan fingerprint density at radius 3 is 0.621 bits per heavy atom. The molecule has 23 heteroatoms. The van der Waals surface area contributed by atoms with Crippen LogP contribution in [-0.2, 0) is 95.2 Å². The molecule has 0 aliphatic rings. The predicted octanol–water partition coefficient (Wildman–Crippen LogP) is 18.7. The van der Waals surface area contributed by atoms with Crippen molar-refractivity contribution in [3.05, 3.63) is 176 Å². The van der Waals surface area contributed by atoms with E-state index in [0.717, 1.165) is 5.56 Å². The Bertz CT molecular complexity index is 4060. The SMILES string of the molecule is CCC(C)(O)c1cc(C(C)(O)CC)c(C#N)c(C(C)(O)CC)c1.CCC(C)(O)c1cc(C(C)(O)CC)c(C(=O)O)c(C(C)(O)CC)c1.CCC(C)(O)c1cc(C(C)(O)CC)c(C(C)(O)CC)c(C)c1C(C)(O)CC.CCC(C)(O)c1cc(C(C)(O)CC)c(C(C)(O)CC)cc1C(C)(O)CC.CCC(C)(O)c1cc(C(C)(O)CC)c([N+](=O)[O-])c(C(C)(O)CC)c1. The van der Waals surface area contributed by atoms with E-state index in [-0.39, 0.29) is 46.3 Å². The first-order valence-corrected chi connectivity index (χ1v) is 45.0. The summed E-state index contributed by atoms with van der Waals surface area (Å²) in [6.07, 6.45) is 7.04. The number of aliphatic hydroxyl groups is 17. The van der Waals surface area contributed by atoms with Gasteiger partial charge < -0.3 is 91.9 Å². The maximum absolute atomic E-state index is 11.9. The Hall–Kier alpha value is -6.22. The number of benzene rings is 5. The Balaban J connectivity index is 0.000000776. The van der Waals surface area contributed by atoms with Crippen molar-refractivity contribution in [2.24, 2.45) is 0 Å². The number of rotatable bonds is 36. The van der Waals surface area contributed by atoms with Crippen molar-refractivity contribution in [3.8, 4) is 6.07 Å². The zero-order valence-corrected chi connectivity index (χ0v) is 82.4. The van der Waals surface area contributed by atoms with Crippen molar-refractivity contribution in [1.82, 2.24) is 0 Å². The summed E-state index contributed by atoms with van der Waals surface area (Å²) in [5, 5.41) is 216. The molecule has 0 spiro atoms. The van der Waals surface area contributed by atoms with Crippen molar-refractivity contribution >= 4 is 11.7 Å². The Morgan fingerprint density at radius 1 is 0.274 bits per heavy atom. The number of nitrogens with zero attached hydrogens (tertiary/aromatic N) is 2. The van der Waals surface area contributed by atoms with Gasteiger partial charge in [-0.3, -0.25) is 10.1 Å². The molecule has 0 fully saturated rings. The standard InChI is InChI=1S/C23H40O4.C22H38O4.C19H29NO3.C19H30O5.C18H29NO5/c1-10-20(6,24)16-14-17(21(7,25)11-2)19(23(9,27)13-4)15(5)18(16)22(8,26)12-3;1-9-19(5,23)15-13-17(21(7,25)11-3)18(22(8,26)12-4)14-16(15)20(6,24)10-2;1-7-17(4,21)13-10-15(18(5,22)8-2)14(12-20)16(11-13)19(6,23)9-3;1-7-17(4,22)12-10-13(18(5,23)8-2)15(16(20)21)14(11-12)19(6,24)9-3;1-7-16(4,20)12-10-13(17(5,21)8-2)15(19(23)24)14(11-12)18(6,22)9-3/h14,24-27H,10-13H2,1-9H3;13-14,23-26H,9-12H2,1-8H3;10-11,21-23H,7-9H2,1-6H3;10-11,22-24H,7-9H2,1-6H3,(H,20,21);10-11,20-22H,7-9H2,1-6H3. The maximum atomic E-state index is 11.9. The fraction of sp³-hybridized carbons (Fsp3) is 0.683. The molecule has 0 saturated carbocycles. The third-order valence-electron chi connectivity index (χ3n) is 28.2. The normalized spacial score (nSPS) is 20.1. The van der Waals surface area contributed by atoms with Crippen molar-refractivity contribution in [3.63, 3.8) is 0 Å². The fourth-order valence-corrected chi connectivity index (χ4v) is 14.6. The Labute approximate surface area is 743 Å². The van der Waals surface area contributed by atoms with Crippen LogP contribution in [0.1, 0.15) is 461 Å². The van der Waals surface area contributed by atoms with Gasteiger partial charge in [-0.1, -0.05) is 118 Å². The lowest BCUT2D eigenvalue weighted by molar-refractivity contribution is -0.388. The molecule has 0 heterocycles. The molecule has 17 atom stereocenters. The van der Waals surface area contributed by atoms with Gasteiger partial charge in [0.1, 0.15) is 0 Å². The second-order valence-corrected chi connectivity index (χ2v) is 38.4. The van der Waals surface area contributed by atoms with E-state index in [0.29, 0.717) is 174 Å². The van der Waals surface area contributed by atoms with Crippen LogP contribution in [0.5, 0.6) is 0 Å². The second-order valence-electron chi connectivity index (χ2n) is 38.4. The number of hydrogen-bond acceptors (Lipinski definition) is 21. The number of carbonyl (C=O) groups is 1. The summed E-state index contributed by atoms with van der Waals surface area (Å²) in [4.78, 5) is 23.1. The van der Waals surface area contributed by atoms with Gasteiger partial charge in [0.25, 0.3) is 5.69 Å². The molecule has 0 aliphatic carbocycles. The third kappa shape index (κ3) is 26.3. The molecule has 124 heavy (non-hydrogen) atoms. The minimum Gasteiger partial charge on any atom is -0.478 e. The zero-order valence-electron chi connectivity index (χ0n) is 82.4. The van der Waals surface area contributed by atoms with Gasteiger partial charge >= 0.3 is 5.97 Å². The van der Waals surface area contributed by atoms with Gasteiger partial charge in [-0.05, 0) is 366 Å². The van der Waals surface area contributed by atoms with Crippen LogP contribution in [0.4, 0.5) is 5.69 Å². The first-order valence-electron chi connectivity index (χ1n) is 45.0. The second kappa shape index (κ2) is 42.6. The van der Waals surface area contributed by atoms with E-state index in [1.807, 2.05) is 90.0 Å². The first kappa shape index (κ1) is 116. The summed E-state index contributed by atoms with van der Waals surface area (Å²) in [5.74, 6) is -1.20. The summed E-state index contributed by atoms with van der Waals surface area (Å²) < 4.78 is 0. The van der Waals surface area contributed by atoms with Gasteiger partial charge in [-0.2, -0.15) is 5.26 Å². The van der Waals surface area contributed by atoms with E-state index >= 15 is 0 Å². The largest absolute Gasteiger partial charge is 0.478 e. The highest BCUT2D eigenvalue weighted by molar-refractivity contribution is 5.92. The van der Waals surface area contributed by atoms with Gasteiger partial charge in [0, 0.05) is 11.1 Å². The smallest absolute Gasteiger partial charge is 0.336 e. The van der Waals surface area contributed by atoms with Gasteiger partial charge in [0.05, 0.1) is 128 Å². The van der Waals surface area contributed by atoms with Gasteiger partial charge in [0.2, 0.25) is 0 Å². The van der Waals surface area contributed by atoms with E-state index < -0.39 is 106 Å². The van der Waals surface area contributed by atoms with Gasteiger partial charge in [0.15, 0.2) is 0 Å². The first-order chi connectivity index (χ1) is 56.0. The monoisotopic (exact) mass is 1740 g/mol. The van der Waals surface area contributed by atoms with E-state index in [1.165, 1.54) is 26.0 Å². The van der Waals surface area contributed by atoms with Crippen molar-refractivity contribution in [2.75, 3.05) is 0 Å². The number of hydrogen-bond donors (Lipinski definition) is 18. The quantitative estimate of drug-likeness (QED) is 0.0131. The maximum Gasteiger partial charge on any atom is 0.336 e. The lowest BCUT2D eigenvalue weighted by Gasteiger charge is -2.40. The van der Waals surface area contributed by atoms with E-state index in [1.54, 1.807) is 181 Å². The molecule has 18 N–H and O–H groups in total. The van der Waals surface area contributed by atoms with Crippen LogP contribution in [0.3, 0.4) is 0 Å². The summed E-state index contributed by atoms with van der Waals surface area (Å²) in [6, 6.07) is 17.0. The Kier molecular flexibility index (Phi) is 39.7. The van der Waals surface area contributed by atoms with Crippen LogP contribution in [0.25, 0.3) is 0 Å². The predicted molar refractivity (Wildman–Crippen MR) is 493 cm³/mol. The molecule has 17 unspecified atom stereocenters. The number of aromatic carboxylic acids is 1. The molecule has 706 valence electrons.